The molecule has 0 aliphatic rings. The maximum absolute atomic E-state index is 13.9. The summed E-state index contributed by atoms with van der Waals surface area (Å²) in [7, 11) is 0. The Kier molecular flexibility index (Phi) is 5.07. The summed E-state index contributed by atoms with van der Waals surface area (Å²) in [5.41, 5.74) is 1.07. The number of amides is 1. The summed E-state index contributed by atoms with van der Waals surface area (Å²) in [6.07, 6.45) is 1.10. The molecule has 0 saturated carbocycles. The molecule has 1 atom stereocenters. The monoisotopic (exact) mass is 307 g/mol. The van der Waals surface area contributed by atoms with E-state index in [-0.39, 0.29) is 13.0 Å². The van der Waals surface area contributed by atoms with Crippen LogP contribution in [0.25, 0.3) is 0 Å². The molecule has 22 heavy (non-hydrogen) atoms. The molecule has 1 aromatic heterocycles. The summed E-state index contributed by atoms with van der Waals surface area (Å²) in [4.78, 5) is 29.1. The molecule has 116 valence electrons. The Morgan fingerprint density at radius 2 is 2.09 bits per heavy atom. The number of ether oxygens (including phenoxy) is 1. The summed E-state index contributed by atoms with van der Waals surface area (Å²) < 4.78 is 18.7. The zero-order chi connectivity index (χ0) is 15.9. The quantitative estimate of drug-likeness (QED) is 0.795. The first-order valence-corrected chi connectivity index (χ1v) is 6.43. The van der Waals surface area contributed by atoms with Crippen LogP contribution in [0.2, 0.25) is 0 Å². The number of imidazole rings is 1. The van der Waals surface area contributed by atoms with Crippen LogP contribution >= 0.6 is 0 Å². The van der Waals surface area contributed by atoms with Crippen molar-refractivity contribution in [3.63, 3.8) is 0 Å². The molecular formula is C14H14FN3O4. The van der Waals surface area contributed by atoms with Crippen LogP contribution in [0.15, 0.2) is 42.9 Å². The first-order chi connectivity index (χ1) is 10.6. The van der Waals surface area contributed by atoms with E-state index in [1.165, 1.54) is 12.5 Å². The van der Waals surface area contributed by atoms with Crippen molar-refractivity contribution >= 4 is 12.1 Å². The molecule has 0 fully saturated rings. The van der Waals surface area contributed by atoms with Crippen LogP contribution in [0, 0.1) is 0 Å². The molecule has 0 aliphatic heterocycles. The van der Waals surface area contributed by atoms with Gasteiger partial charge in [0.2, 0.25) is 0 Å². The predicted molar refractivity (Wildman–Crippen MR) is 73.3 cm³/mol. The van der Waals surface area contributed by atoms with Gasteiger partial charge < -0.3 is 14.8 Å². The summed E-state index contributed by atoms with van der Waals surface area (Å²) >= 11 is 0. The van der Waals surface area contributed by atoms with E-state index in [0.29, 0.717) is 11.3 Å². The highest BCUT2D eigenvalue weighted by molar-refractivity contribution is 5.79. The normalized spacial score (nSPS) is 11.7. The molecule has 0 aliphatic carbocycles. The van der Waals surface area contributed by atoms with Crippen molar-refractivity contribution in [2.75, 3.05) is 0 Å². The van der Waals surface area contributed by atoms with Crippen molar-refractivity contribution in [3.05, 3.63) is 54.1 Å². The van der Waals surface area contributed by atoms with Gasteiger partial charge >= 0.3 is 12.1 Å². The Morgan fingerprint density at radius 3 is 2.68 bits per heavy atom. The molecule has 2 aromatic rings. The fraction of sp³-hybridized carbons (Fsp3) is 0.214. The van der Waals surface area contributed by atoms with Crippen LogP contribution in [0.3, 0.4) is 0 Å². The zero-order valence-corrected chi connectivity index (χ0v) is 11.5. The molecule has 1 aromatic carbocycles. The third kappa shape index (κ3) is 4.05. The summed E-state index contributed by atoms with van der Waals surface area (Å²) in [5, 5.41) is 8.63. The van der Waals surface area contributed by atoms with Crippen LogP contribution in [0.4, 0.5) is 9.28 Å². The van der Waals surface area contributed by atoms with Gasteiger partial charge in [-0.1, -0.05) is 34.8 Å². The average Bonchev–Trinajstić information content (AvgIpc) is 3.03. The SMILES string of the molecule is O=C(O)[C@@H](Cc1cnc[nH]1)N(F)C(=O)OCc1ccccc1. The van der Waals surface area contributed by atoms with Crippen LogP contribution in [-0.4, -0.2) is 38.3 Å². The van der Waals surface area contributed by atoms with Crippen LogP contribution in [0.1, 0.15) is 11.3 Å². The number of carboxylic acids is 1. The third-order valence-electron chi connectivity index (χ3n) is 2.91. The highest BCUT2D eigenvalue weighted by Gasteiger charge is 2.32. The van der Waals surface area contributed by atoms with E-state index in [1.807, 2.05) is 0 Å². The topological polar surface area (TPSA) is 95.5 Å². The molecule has 1 amide bonds. The van der Waals surface area contributed by atoms with Crippen molar-refractivity contribution in [2.45, 2.75) is 19.1 Å². The molecule has 2 rings (SSSR count). The van der Waals surface area contributed by atoms with Crippen LogP contribution in [-0.2, 0) is 22.6 Å². The van der Waals surface area contributed by atoms with Gasteiger partial charge in [0.15, 0.2) is 6.04 Å². The second kappa shape index (κ2) is 7.21. The van der Waals surface area contributed by atoms with Gasteiger partial charge in [-0.25, -0.2) is 14.6 Å². The Balaban J connectivity index is 1.95. The fourth-order valence-corrected chi connectivity index (χ4v) is 1.78. The van der Waals surface area contributed by atoms with Gasteiger partial charge in [0.05, 0.1) is 6.33 Å². The molecular weight excluding hydrogens is 293 g/mol. The second-order valence-electron chi connectivity index (χ2n) is 4.49. The van der Waals surface area contributed by atoms with Gasteiger partial charge in [0, 0.05) is 18.3 Å². The highest BCUT2D eigenvalue weighted by Crippen LogP contribution is 2.11. The third-order valence-corrected chi connectivity index (χ3v) is 2.91. The summed E-state index contributed by atoms with van der Waals surface area (Å²) in [6.45, 7) is -0.142. The summed E-state index contributed by atoms with van der Waals surface area (Å²) in [6, 6.07) is 6.99. The van der Waals surface area contributed by atoms with Crippen molar-refractivity contribution in [1.82, 2.24) is 15.1 Å². The molecule has 8 heteroatoms. The van der Waals surface area contributed by atoms with E-state index >= 15 is 0 Å². The second-order valence-corrected chi connectivity index (χ2v) is 4.49. The number of aromatic nitrogens is 2. The molecule has 0 bridgehead atoms. The Hall–Kier alpha value is -2.90. The molecule has 0 unspecified atom stereocenters. The van der Waals surface area contributed by atoms with Crippen LogP contribution in [0.5, 0.6) is 0 Å². The van der Waals surface area contributed by atoms with Crippen molar-refractivity contribution in [2.24, 2.45) is 0 Å². The average molecular weight is 307 g/mol. The molecule has 0 saturated heterocycles. The Labute approximate surface area is 125 Å². The number of carbonyl (C=O) groups excluding carboxylic acids is 1. The van der Waals surface area contributed by atoms with Gasteiger partial charge in [0.25, 0.3) is 0 Å². The minimum Gasteiger partial charge on any atom is -0.480 e. The number of aromatic amines is 1. The minimum atomic E-state index is -1.69. The van der Waals surface area contributed by atoms with Gasteiger partial charge in [-0.2, -0.15) is 0 Å². The molecule has 2 N–H and O–H groups in total. The standard InChI is InChI=1S/C14H14FN3O4/c15-18(12(13(19)20)6-11-7-16-9-17-11)14(21)22-8-10-4-2-1-3-5-10/h1-5,7,9,12H,6,8H2,(H,16,17)(H,19,20)/t12-/m1/s1. The first-order valence-electron chi connectivity index (χ1n) is 6.43. The number of nitrogens with zero attached hydrogens (tertiary/aromatic N) is 2. The van der Waals surface area contributed by atoms with Crippen LogP contribution < -0.4 is 0 Å². The minimum absolute atomic E-state index is 0.142. The van der Waals surface area contributed by atoms with Gasteiger partial charge in [-0.15, -0.1) is 5.12 Å². The Bertz CT molecular complexity index is 618. The molecule has 0 spiro atoms. The summed E-state index contributed by atoms with van der Waals surface area (Å²) in [5.74, 6) is -1.48. The lowest BCUT2D eigenvalue weighted by Gasteiger charge is -2.19. The Morgan fingerprint density at radius 1 is 1.36 bits per heavy atom. The number of hydrogen-bond donors (Lipinski definition) is 2. The van der Waals surface area contributed by atoms with E-state index in [2.05, 4.69) is 9.97 Å². The van der Waals surface area contributed by atoms with E-state index < -0.39 is 23.2 Å². The van der Waals surface area contributed by atoms with Crippen molar-refractivity contribution in [1.29, 1.82) is 0 Å². The first kappa shape index (κ1) is 15.5. The smallest absolute Gasteiger partial charge is 0.439 e. The number of carboxylic acid groups (broad SMARTS) is 1. The maximum atomic E-state index is 13.9. The van der Waals surface area contributed by atoms with E-state index in [1.54, 1.807) is 30.3 Å². The zero-order valence-electron chi connectivity index (χ0n) is 11.5. The van der Waals surface area contributed by atoms with Gasteiger partial charge in [-0.3, -0.25) is 0 Å². The number of H-pyrrole nitrogens is 1. The number of hydrogen-bond acceptors (Lipinski definition) is 4. The molecule has 7 nitrogen and oxygen atoms in total. The lowest BCUT2D eigenvalue weighted by molar-refractivity contribution is -0.149. The van der Waals surface area contributed by atoms with Gasteiger partial charge in [-0.05, 0) is 5.56 Å². The predicted octanol–water partition coefficient (Wildman–Crippen LogP) is 1.93. The van der Waals surface area contributed by atoms with Crippen molar-refractivity contribution in [3.8, 4) is 0 Å². The van der Waals surface area contributed by atoms with E-state index in [4.69, 9.17) is 9.84 Å². The number of carbonyl (C=O) groups is 2. The number of benzene rings is 1. The van der Waals surface area contributed by atoms with E-state index in [9.17, 15) is 14.1 Å². The molecule has 0 radical (unpaired) electrons. The largest absolute Gasteiger partial charge is 0.480 e. The number of rotatable bonds is 6. The number of halogens is 1. The molecule has 1 heterocycles. The van der Waals surface area contributed by atoms with Crippen molar-refractivity contribution < 1.29 is 23.9 Å². The van der Waals surface area contributed by atoms with Gasteiger partial charge in [0.1, 0.15) is 6.61 Å². The maximum Gasteiger partial charge on any atom is 0.439 e. The number of nitrogens with one attached hydrogen (secondary N) is 1. The lowest BCUT2D eigenvalue weighted by Crippen LogP contribution is -2.41. The lowest BCUT2D eigenvalue weighted by atomic mass is 10.1. The van der Waals surface area contributed by atoms with E-state index in [0.717, 1.165) is 0 Å². The number of aliphatic carboxylic acids is 1. The fourth-order valence-electron chi connectivity index (χ4n) is 1.78. The highest BCUT2D eigenvalue weighted by atomic mass is 19.2.